The summed E-state index contributed by atoms with van der Waals surface area (Å²) in [5.74, 6) is 0.851. The van der Waals surface area contributed by atoms with Crippen molar-refractivity contribution in [1.82, 2.24) is 14.9 Å². The molecule has 19 heavy (non-hydrogen) atoms. The number of halogens is 1. The number of fused-ring (bicyclic) bond motifs is 1. The molecule has 0 amide bonds. The first-order chi connectivity index (χ1) is 9.22. The van der Waals surface area contributed by atoms with Crippen LogP contribution in [0.2, 0.25) is 5.28 Å². The van der Waals surface area contributed by atoms with E-state index >= 15 is 0 Å². The van der Waals surface area contributed by atoms with Gasteiger partial charge in [-0.3, -0.25) is 0 Å². The maximum Gasteiger partial charge on any atom is 0.222 e. The Morgan fingerprint density at radius 1 is 1.32 bits per heavy atom. The van der Waals surface area contributed by atoms with Crippen LogP contribution < -0.4 is 4.74 Å². The SMILES string of the molecule is CN1CCC(Oc2cccc3nc(Cl)ncc23)CC1. The Bertz CT molecular complexity index is 582. The van der Waals surface area contributed by atoms with Crippen LogP contribution in [-0.2, 0) is 0 Å². The molecule has 4 nitrogen and oxygen atoms in total. The van der Waals surface area contributed by atoms with Gasteiger partial charge < -0.3 is 9.64 Å². The van der Waals surface area contributed by atoms with Crippen LogP contribution in [0.15, 0.2) is 24.4 Å². The Kier molecular flexibility index (Phi) is 3.53. The third kappa shape index (κ3) is 2.80. The summed E-state index contributed by atoms with van der Waals surface area (Å²) in [6.45, 7) is 2.16. The van der Waals surface area contributed by atoms with Gasteiger partial charge >= 0.3 is 0 Å². The molecule has 3 rings (SSSR count). The molecule has 0 N–H and O–H groups in total. The van der Waals surface area contributed by atoms with Crippen molar-refractivity contribution in [3.63, 3.8) is 0 Å². The molecule has 0 atom stereocenters. The number of likely N-dealkylation sites (tertiary alicyclic amines) is 1. The number of hydrogen-bond donors (Lipinski definition) is 0. The molecule has 5 heteroatoms. The molecule has 1 aliphatic heterocycles. The molecule has 1 fully saturated rings. The Hall–Kier alpha value is -1.39. The summed E-state index contributed by atoms with van der Waals surface area (Å²) in [5.41, 5.74) is 0.824. The van der Waals surface area contributed by atoms with Crippen molar-refractivity contribution in [3.8, 4) is 5.75 Å². The van der Waals surface area contributed by atoms with E-state index in [4.69, 9.17) is 16.3 Å². The van der Waals surface area contributed by atoms with Gasteiger partial charge in [0.2, 0.25) is 5.28 Å². The van der Waals surface area contributed by atoms with Gasteiger partial charge in [-0.1, -0.05) is 6.07 Å². The molecular formula is C14H16ClN3O. The fourth-order valence-electron chi connectivity index (χ4n) is 2.39. The predicted molar refractivity (Wildman–Crippen MR) is 75.7 cm³/mol. The van der Waals surface area contributed by atoms with Crippen molar-refractivity contribution in [2.24, 2.45) is 0 Å². The van der Waals surface area contributed by atoms with Crippen molar-refractivity contribution >= 4 is 22.5 Å². The van der Waals surface area contributed by atoms with Gasteiger partial charge in [0.25, 0.3) is 0 Å². The Balaban J connectivity index is 1.84. The summed E-state index contributed by atoms with van der Waals surface area (Å²) in [5, 5.41) is 1.19. The zero-order chi connectivity index (χ0) is 13.2. The largest absolute Gasteiger partial charge is 0.490 e. The standard InChI is InChI=1S/C14H16ClN3O/c1-18-7-5-10(6-8-18)19-13-4-2-3-12-11(13)9-16-14(15)17-12/h2-4,9-10H,5-8H2,1H3. The van der Waals surface area contributed by atoms with Gasteiger partial charge in [-0.25, -0.2) is 9.97 Å². The monoisotopic (exact) mass is 277 g/mol. The van der Waals surface area contributed by atoms with Crippen LogP contribution in [0.4, 0.5) is 0 Å². The van der Waals surface area contributed by atoms with Crippen molar-refractivity contribution < 1.29 is 4.74 Å². The lowest BCUT2D eigenvalue weighted by molar-refractivity contribution is 0.115. The minimum Gasteiger partial charge on any atom is -0.490 e. The summed E-state index contributed by atoms with van der Waals surface area (Å²) >= 11 is 5.81. The number of piperidine rings is 1. The highest BCUT2D eigenvalue weighted by Crippen LogP contribution is 2.27. The van der Waals surface area contributed by atoms with E-state index in [9.17, 15) is 0 Å². The lowest BCUT2D eigenvalue weighted by atomic mass is 10.1. The molecule has 1 aromatic carbocycles. The predicted octanol–water partition coefficient (Wildman–Crippen LogP) is 2.76. The molecule has 1 saturated heterocycles. The molecule has 1 aromatic heterocycles. The number of aromatic nitrogens is 2. The second-order valence-corrected chi connectivity index (χ2v) is 5.29. The topological polar surface area (TPSA) is 38.2 Å². The van der Waals surface area contributed by atoms with Crippen molar-refractivity contribution in [2.45, 2.75) is 18.9 Å². The first-order valence-electron chi connectivity index (χ1n) is 6.49. The molecule has 0 saturated carbocycles. The highest BCUT2D eigenvalue weighted by atomic mass is 35.5. The van der Waals surface area contributed by atoms with E-state index in [1.165, 1.54) is 0 Å². The number of ether oxygens (including phenoxy) is 1. The van der Waals surface area contributed by atoms with E-state index in [0.717, 1.165) is 42.6 Å². The van der Waals surface area contributed by atoms with Crippen LogP contribution in [0.5, 0.6) is 5.75 Å². The minimum absolute atomic E-state index is 0.268. The first kappa shape index (κ1) is 12.6. The summed E-state index contributed by atoms with van der Waals surface area (Å²) in [4.78, 5) is 10.6. The number of hydrogen-bond acceptors (Lipinski definition) is 4. The van der Waals surface area contributed by atoms with Gasteiger partial charge in [0.05, 0.1) is 10.9 Å². The van der Waals surface area contributed by atoms with Gasteiger partial charge in [0, 0.05) is 19.3 Å². The van der Waals surface area contributed by atoms with Gasteiger partial charge in [0.1, 0.15) is 11.9 Å². The van der Waals surface area contributed by atoms with Gasteiger partial charge in [-0.2, -0.15) is 0 Å². The quantitative estimate of drug-likeness (QED) is 0.791. The molecule has 100 valence electrons. The highest BCUT2D eigenvalue weighted by Gasteiger charge is 2.18. The molecule has 0 unspecified atom stereocenters. The lowest BCUT2D eigenvalue weighted by Crippen LogP contribution is -2.35. The van der Waals surface area contributed by atoms with Crippen LogP contribution >= 0.6 is 11.6 Å². The normalized spacial score (nSPS) is 17.8. The van der Waals surface area contributed by atoms with Crippen LogP contribution in [0.25, 0.3) is 10.9 Å². The average Bonchev–Trinajstić information content (AvgIpc) is 2.41. The number of rotatable bonds is 2. The van der Waals surface area contributed by atoms with Gasteiger partial charge in [-0.05, 0) is 43.6 Å². The van der Waals surface area contributed by atoms with Crippen LogP contribution in [-0.4, -0.2) is 41.1 Å². The van der Waals surface area contributed by atoms with E-state index < -0.39 is 0 Å². The Morgan fingerprint density at radius 2 is 2.11 bits per heavy atom. The third-order valence-electron chi connectivity index (χ3n) is 3.52. The van der Waals surface area contributed by atoms with Gasteiger partial charge in [0.15, 0.2) is 0 Å². The minimum atomic E-state index is 0.268. The molecule has 1 aliphatic rings. The van der Waals surface area contributed by atoms with E-state index in [1.54, 1.807) is 6.20 Å². The molecule has 2 heterocycles. The Labute approximate surface area is 117 Å². The van der Waals surface area contributed by atoms with Crippen molar-refractivity contribution in [2.75, 3.05) is 20.1 Å². The summed E-state index contributed by atoms with van der Waals surface area (Å²) in [6, 6.07) is 5.83. The maximum absolute atomic E-state index is 6.11. The lowest BCUT2D eigenvalue weighted by Gasteiger charge is -2.29. The highest BCUT2D eigenvalue weighted by molar-refractivity contribution is 6.28. The third-order valence-corrected chi connectivity index (χ3v) is 3.70. The molecule has 0 radical (unpaired) electrons. The molecule has 0 aliphatic carbocycles. The van der Waals surface area contributed by atoms with E-state index in [0.29, 0.717) is 0 Å². The van der Waals surface area contributed by atoms with Crippen molar-refractivity contribution in [3.05, 3.63) is 29.7 Å². The van der Waals surface area contributed by atoms with E-state index in [2.05, 4.69) is 21.9 Å². The van der Waals surface area contributed by atoms with Gasteiger partial charge in [-0.15, -0.1) is 0 Å². The smallest absolute Gasteiger partial charge is 0.222 e. The number of benzene rings is 1. The average molecular weight is 278 g/mol. The molecule has 0 spiro atoms. The van der Waals surface area contributed by atoms with Crippen LogP contribution in [0, 0.1) is 0 Å². The second-order valence-electron chi connectivity index (χ2n) is 4.95. The first-order valence-corrected chi connectivity index (χ1v) is 6.86. The second kappa shape index (κ2) is 5.31. The molecule has 2 aromatic rings. The number of nitrogens with zero attached hydrogens (tertiary/aromatic N) is 3. The summed E-state index contributed by atoms with van der Waals surface area (Å²) in [7, 11) is 2.14. The van der Waals surface area contributed by atoms with E-state index in [1.807, 2.05) is 18.2 Å². The zero-order valence-corrected chi connectivity index (χ0v) is 11.6. The molecular weight excluding hydrogens is 262 g/mol. The fraction of sp³-hybridized carbons (Fsp3) is 0.429. The maximum atomic E-state index is 6.11. The van der Waals surface area contributed by atoms with Crippen molar-refractivity contribution in [1.29, 1.82) is 0 Å². The summed E-state index contributed by atoms with van der Waals surface area (Å²) < 4.78 is 6.11. The Morgan fingerprint density at radius 3 is 2.89 bits per heavy atom. The fourth-order valence-corrected chi connectivity index (χ4v) is 2.53. The van der Waals surface area contributed by atoms with E-state index in [-0.39, 0.29) is 11.4 Å². The summed E-state index contributed by atoms with van der Waals surface area (Å²) in [6.07, 6.45) is 4.12. The van der Waals surface area contributed by atoms with Crippen LogP contribution in [0.3, 0.4) is 0 Å². The molecule has 0 bridgehead atoms. The zero-order valence-electron chi connectivity index (χ0n) is 10.8. The van der Waals surface area contributed by atoms with Crippen LogP contribution in [0.1, 0.15) is 12.8 Å².